The number of benzene rings is 2. The molecule has 3 rings (SSSR count). The molecule has 0 bridgehead atoms. The zero-order chi connectivity index (χ0) is 17.8. The van der Waals surface area contributed by atoms with E-state index in [1.807, 2.05) is 24.3 Å². The fourth-order valence-electron chi connectivity index (χ4n) is 3.14. The quantitative estimate of drug-likeness (QED) is 0.690. The van der Waals surface area contributed by atoms with Crippen LogP contribution in [0.1, 0.15) is 16.7 Å². The third kappa shape index (κ3) is 4.15. The van der Waals surface area contributed by atoms with Gasteiger partial charge in [-0.05, 0) is 34.2 Å². The Hall–Kier alpha value is -2.57. The van der Waals surface area contributed by atoms with Crippen molar-refractivity contribution in [2.45, 2.75) is 13.0 Å². The van der Waals surface area contributed by atoms with Gasteiger partial charge in [0.05, 0.1) is 0 Å². The van der Waals surface area contributed by atoms with Crippen LogP contribution in [0.25, 0.3) is 11.1 Å². The van der Waals surface area contributed by atoms with E-state index in [1.165, 1.54) is 11.1 Å². The lowest BCUT2D eigenvalue weighted by molar-refractivity contribution is -0.138. The zero-order valence-corrected chi connectivity index (χ0v) is 15.0. The van der Waals surface area contributed by atoms with Crippen LogP contribution in [0.3, 0.4) is 0 Å². The summed E-state index contributed by atoms with van der Waals surface area (Å²) < 4.78 is 5.34. The summed E-state index contributed by atoms with van der Waals surface area (Å²) in [4.78, 5) is 24.1. The summed E-state index contributed by atoms with van der Waals surface area (Å²) >= 11 is 0. The molecule has 0 unspecified atom stereocenters. The van der Waals surface area contributed by atoms with Gasteiger partial charge >= 0.3 is 12.1 Å². The highest BCUT2D eigenvalue weighted by Crippen LogP contribution is 2.38. The lowest BCUT2D eigenvalue weighted by atomic mass is 10.0. The smallest absolute Gasteiger partial charge is 0.410 e. The molecule has 0 aliphatic heterocycles. The van der Waals surface area contributed by atoms with Gasteiger partial charge in [0.1, 0.15) is 13.2 Å². The Balaban J connectivity index is 0.00000243. The topological polar surface area (TPSA) is 92.9 Å². The van der Waals surface area contributed by atoms with E-state index in [1.54, 1.807) is 0 Å². The van der Waals surface area contributed by atoms with Crippen molar-refractivity contribution in [1.29, 1.82) is 0 Å². The monoisotopic (exact) mass is 376 g/mol. The minimum atomic E-state index is -1.10. The maximum absolute atomic E-state index is 12.1. The molecule has 2 aromatic rings. The third-order valence-electron chi connectivity index (χ3n) is 4.28. The molecule has 0 spiro atoms. The molecule has 6 nitrogen and oxygen atoms in total. The van der Waals surface area contributed by atoms with Crippen LogP contribution >= 0.6 is 12.4 Å². The van der Waals surface area contributed by atoms with Crippen molar-refractivity contribution in [2.75, 3.05) is 19.6 Å². The van der Waals surface area contributed by atoms with E-state index in [4.69, 9.17) is 15.6 Å². The zero-order valence-electron chi connectivity index (χ0n) is 14.2. The van der Waals surface area contributed by atoms with E-state index < -0.39 is 18.6 Å². The molecule has 0 aromatic heterocycles. The first-order valence-corrected chi connectivity index (χ1v) is 8.12. The SMILES string of the molecule is Cl.NCCN(CC(=O)O)C(=O)OCc1cccc2c1Cc1ccccc1-2. The number of hydrogen-bond donors (Lipinski definition) is 2. The molecular weight excluding hydrogens is 356 g/mol. The molecular formula is C19H21ClN2O4. The predicted molar refractivity (Wildman–Crippen MR) is 100 cm³/mol. The van der Waals surface area contributed by atoms with Gasteiger partial charge in [0, 0.05) is 13.1 Å². The van der Waals surface area contributed by atoms with E-state index >= 15 is 0 Å². The molecule has 0 saturated heterocycles. The summed E-state index contributed by atoms with van der Waals surface area (Å²) in [6, 6.07) is 14.2. The molecule has 0 radical (unpaired) electrons. The van der Waals surface area contributed by atoms with Crippen molar-refractivity contribution < 1.29 is 19.4 Å². The summed E-state index contributed by atoms with van der Waals surface area (Å²) in [5.41, 5.74) is 11.1. The van der Waals surface area contributed by atoms with Crippen molar-refractivity contribution in [3.8, 4) is 11.1 Å². The number of carboxylic acid groups (broad SMARTS) is 1. The second kappa shape index (κ2) is 8.69. The van der Waals surface area contributed by atoms with E-state index in [0.717, 1.165) is 28.0 Å². The van der Waals surface area contributed by atoms with Crippen molar-refractivity contribution in [3.05, 3.63) is 59.2 Å². The van der Waals surface area contributed by atoms with Gasteiger partial charge in [-0.25, -0.2) is 4.79 Å². The third-order valence-corrected chi connectivity index (χ3v) is 4.28. The van der Waals surface area contributed by atoms with E-state index in [-0.39, 0.29) is 32.1 Å². The number of carbonyl (C=O) groups excluding carboxylic acids is 1. The molecule has 1 aliphatic rings. The summed E-state index contributed by atoms with van der Waals surface area (Å²) in [5.74, 6) is -1.10. The average Bonchev–Trinajstić information content (AvgIpc) is 2.98. The van der Waals surface area contributed by atoms with Gasteiger partial charge in [0.25, 0.3) is 0 Å². The molecule has 1 amide bonds. The highest BCUT2D eigenvalue weighted by molar-refractivity contribution is 5.85. The van der Waals surface area contributed by atoms with Gasteiger partial charge in [-0.15, -0.1) is 12.4 Å². The van der Waals surface area contributed by atoms with Crippen LogP contribution in [-0.2, 0) is 22.6 Å². The number of halogens is 1. The largest absolute Gasteiger partial charge is 0.480 e. The number of ether oxygens (including phenoxy) is 1. The van der Waals surface area contributed by atoms with E-state index in [9.17, 15) is 9.59 Å². The molecule has 26 heavy (non-hydrogen) atoms. The van der Waals surface area contributed by atoms with Crippen molar-refractivity contribution in [2.24, 2.45) is 5.73 Å². The highest BCUT2D eigenvalue weighted by atomic mass is 35.5. The summed E-state index contributed by atoms with van der Waals surface area (Å²) in [6.07, 6.45) is 0.141. The standard InChI is InChI=1S/C19H20N2O4.ClH/c20-8-9-21(11-18(22)23)19(24)25-12-14-5-3-7-16-15-6-2-1-4-13(15)10-17(14)16;/h1-7H,8-12,20H2,(H,22,23);1H. The maximum atomic E-state index is 12.1. The van der Waals surface area contributed by atoms with Gasteiger partial charge in [-0.3, -0.25) is 9.69 Å². The Morgan fingerprint density at radius 1 is 1.12 bits per heavy atom. The molecule has 2 aromatic carbocycles. The van der Waals surface area contributed by atoms with E-state index in [2.05, 4.69) is 18.2 Å². The molecule has 0 saturated carbocycles. The Bertz CT molecular complexity index is 810. The molecule has 138 valence electrons. The lowest BCUT2D eigenvalue weighted by Gasteiger charge is -2.19. The van der Waals surface area contributed by atoms with Gasteiger partial charge in [-0.1, -0.05) is 42.5 Å². The van der Waals surface area contributed by atoms with Crippen LogP contribution in [0.15, 0.2) is 42.5 Å². The van der Waals surface area contributed by atoms with Crippen LogP contribution in [0.2, 0.25) is 0 Å². The number of nitrogens with zero attached hydrogens (tertiary/aromatic N) is 1. The molecule has 0 atom stereocenters. The highest BCUT2D eigenvalue weighted by Gasteiger charge is 2.22. The number of nitrogens with two attached hydrogens (primary N) is 1. The number of aliphatic carboxylic acids is 1. The normalized spacial score (nSPS) is 11.1. The van der Waals surface area contributed by atoms with Crippen LogP contribution in [0.4, 0.5) is 4.79 Å². The van der Waals surface area contributed by atoms with Gasteiger partial charge < -0.3 is 15.6 Å². The molecule has 1 aliphatic carbocycles. The number of hydrogen-bond acceptors (Lipinski definition) is 4. The number of carboxylic acids is 1. The minimum Gasteiger partial charge on any atom is -0.480 e. The first kappa shape index (κ1) is 19.8. The molecule has 7 heteroatoms. The fraction of sp³-hybridized carbons (Fsp3) is 0.263. The maximum Gasteiger partial charge on any atom is 0.410 e. The van der Waals surface area contributed by atoms with Gasteiger partial charge in [-0.2, -0.15) is 0 Å². The summed E-state index contributed by atoms with van der Waals surface area (Å²) in [7, 11) is 0. The van der Waals surface area contributed by atoms with E-state index in [0.29, 0.717) is 0 Å². The van der Waals surface area contributed by atoms with Crippen LogP contribution in [-0.4, -0.2) is 41.7 Å². The second-order valence-corrected chi connectivity index (χ2v) is 5.94. The van der Waals surface area contributed by atoms with Crippen molar-refractivity contribution in [3.63, 3.8) is 0 Å². The second-order valence-electron chi connectivity index (χ2n) is 5.94. The van der Waals surface area contributed by atoms with Crippen molar-refractivity contribution in [1.82, 2.24) is 4.90 Å². The predicted octanol–water partition coefficient (Wildman–Crippen LogP) is 2.66. The van der Waals surface area contributed by atoms with Crippen LogP contribution in [0.5, 0.6) is 0 Å². The lowest BCUT2D eigenvalue weighted by Crippen LogP contribution is -2.39. The number of fused-ring (bicyclic) bond motifs is 3. The summed E-state index contributed by atoms with van der Waals surface area (Å²) in [5, 5.41) is 8.88. The number of rotatable bonds is 6. The average molecular weight is 377 g/mol. The van der Waals surface area contributed by atoms with Gasteiger partial charge in [0.2, 0.25) is 0 Å². The Kier molecular flexibility index (Phi) is 6.60. The Morgan fingerprint density at radius 2 is 1.85 bits per heavy atom. The minimum absolute atomic E-state index is 0. The molecule has 3 N–H and O–H groups in total. The first-order chi connectivity index (χ1) is 12.1. The van der Waals surface area contributed by atoms with Crippen molar-refractivity contribution >= 4 is 24.5 Å². The first-order valence-electron chi connectivity index (χ1n) is 8.12. The molecule has 0 fully saturated rings. The number of amides is 1. The Labute approximate surface area is 158 Å². The Morgan fingerprint density at radius 3 is 2.58 bits per heavy atom. The fourth-order valence-corrected chi connectivity index (χ4v) is 3.14. The van der Waals surface area contributed by atoms with Crippen LogP contribution < -0.4 is 5.73 Å². The number of carbonyl (C=O) groups is 2. The summed E-state index contributed by atoms with van der Waals surface area (Å²) in [6.45, 7) is 0.00690. The van der Waals surface area contributed by atoms with Crippen LogP contribution in [0, 0.1) is 0 Å². The molecule has 0 heterocycles. The van der Waals surface area contributed by atoms with Gasteiger partial charge in [0.15, 0.2) is 0 Å².